The number of alkyl halides is 3. The molecule has 0 bridgehead atoms. The van der Waals surface area contributed by atoms with Crippen molar-refractivity contribution < 1.29 is 22.8 Å². The standard InChI is InChI=1S/C24H22ClF3N6O2/c25-18-13-15(14-29)5-6-19(18)30-22(35)20-7-8-21(32-31-20)33-9-11-34(12-10-33)23(36)16-3-1-2-4-17(16)24(26,27)28/h1-8,13H,9-12,14,29H2,(H,30,35). The van der Waals surface area contributed by atoms with Gasteiger partial charge >= 0.3 is 6.18 Å². The van der Waals surface area contributed by atoms with E-state index in [2.05, 4.69) is 15.5 Å². The van der Waals surface area contributed by atoms with Gasteiger partial charge in [0, 0.05) is 32.7 Å². The second-order valence-electron chi connectivity index (χ2n) is 8.07. The number of piperazine rings is 1. The zero-order valence-corrected chi connectivity index (χ0v) is 19.7. The van der Waals surface area contributed by atoms with E-state index in [4.69, 9.17) is 17.3 Å². The first-order chi connectivity index (χ1) is 17.2. The second kappa shape index (κ2) is 10.5. The molecule has 36 heavy (non-hydrogen) atoms. The number of nitrogens with two attached hydrogens (primary N) is 1. The summed E-state index contributed by atoms with van der Waals surface area (Å²) < 4.78 is 39.9. The van der Waals surface area contributed by atoms with Gasteiger partial charge in [0.25, 0.3) is 11.8 Å². The van der Waals surface area contributed by atoms with Crippen LogP contribution in [-0.2, 0) is 12.7 Å². The van der Waals surface area contributed by atoms with E-state index in [0.29, 0.717) is 36.2 Å². The van der Waals surface area contributed by atoms with E-state index in [9.17, 15) is 22.8 Å². The summed E-state index contributed by atoms with van der Waals surface area (Å²) in [6, 6.07) is 13.0. The SMILES string of the molecule is NCc1ccc(NC(=O)c2ccc(N3CCN(C(=O)c4ccccc4C(F)(F)F)CC3)nn2)c(Cl)c1. The summed E-state index contributed by atoms with van der Waals surface area (Å²) in [6.07, 6.45) is -4.61. The van der Waals surface area contributed by atoms with Gasteiger partial charge in [0.15, 0.2) is 11.5 Å². The molecule has 3 N–H and O–H groups in total. The van der Waals surface area contributed by atoms with E-state index in [-0.39, 0.29) is 24.3 Å². The summed E-state index contributed by atoms with van der Waals surface area (Å²) in [5.74, 6) is -0.672. The smallest absolute Gasteiger partial charge is 0.352 e. The Hall–Kier alpha value is -3.70. The molecule has 8 nitrogen and oxygen atoms in total. The van der Waals surface area contributed by atoms with Gasteiger partial charge in [0.2, 0.25) is 0 Å². The fourth-order valence-electron chi connectivity index (χ4n) is 3.81. The summed E-state index contributed by atoms with van der Waals surface area (Å²) >= 11 is 6.17. The zero-order chi connectivity index (χ0) is 25.9. The van der Waals surface area contributed by atoms with Gasteiger partial charge in [-0.05, 0) is 42.0 Å². The van der Waals surface area contributed by atoms with Crippen molar-refractivity contribution in [2.75, 3.05) is 36.4 Å². The molecule has 2 amide bonds. The molecular weight excluding hydrogens is 497 g/mol. The fourth-order valence-corrected chi connectivity index (χ4v) is 4.06. The van der Waals surface area contributed by atoms with Crippen molar-refractivity contribution in [2.45, 2.75) is 12.7 Å². The van der Waals surface area contributed by atoms with Crippen LogP contribution in [0.2, 0.25) is 5.02 Å². The van der Waals surface area contributed by atoms with Crippen molar-refractivity contribution in [3.63, 3.8) is 0 Å². The molecule has 1 aliphatic heterocycles. The molecule has 1 aromatic heterocycles. The highest BCUT2D eigenvalue weighted by Crippen LogP contribution is 2.32. The molecule has 0 saturated carbocycles. The van der Waals surface area contributed by atoms with Crippen LogP contribution in [0.3, 0.4) is 0 Å². The number of aromatic nitrogens is 2. The fraction of sp³-hybridized carbons (Fsp3) is 0.250. The summed E-state index contributed by atoms with van der Waals surface area (Å²) in [5, 5.41) is 11.1. The number of carbonyl (C=O) groups is 2. The topological polar surface area (TPSA) is 104 Å². The minimum absolute atomic E-state index is 0.0790. The molecule has 2 heterocycles. The Morgan fingerprint density at radius 3 is 2.33 bits per heavy atom. The number of rotatable bonds is 5. The van der Waals surface area contributed by atoms with E-state index in [1.807, 2.05) is 4.90 Å². The minimum atomic E-state index is -4.61. The van der Waals surface area contributed by atoms with Gasteiger partial charge < -0.3 is 20.9 Å². The van der Waals surface area contributed by atoms with Crippen molar-refractivity contribution in [3.8, 4) is 0 Å². The molecule has 0 radical (unpaired) electrons. The number of benzene rings is 2. The van der Waals surface area contributed by atoms with Crippen molar-refractivity contribution in [1.29, 1.82) is 0 Å². The van der Waals surface area contributed by atoms with Gasteiger partial charge in [-0.15, -0.1) is 10.2 Å². The molecule has 4 rings (SSSR count). The molecule has 0 aliphatic carbocycles. The first kappa shape index (κ1) is 25.4. The van der Waals surface area contributed by atoms with Crippen LogP contribution < -0.4 is 16.0 Å². The van der Waals surface area contributed by atoms with E-state index in [1.54, 1.807) is 24.3 Å². The predicted molar refractivity (Wildman–Crippen MR) is 129 cm³/mol. The molecule has 12 heteroatoms. The summed E-state index contributed by atoms with van der Waals surface area (Å²) in [6.45, 7) is 1.45. The number of amides is 2. The number of anilines is 2. The second-order valence-corrected chi connectivity index (χ2v) is 8.48. The van der Waals surface area contributed by atoms with Crippen LogP contribution in [0.4, 0.5) is 24.7 Å². The molecule has 0 atom stereocenters. The quantitative estimate of drug-likeness (QED) is 0.532. The highest BCUT2D eigenvalue weighted by Gasteiger charge is 2.36. The number of nitrogens with zero attached hydrogens (tertiary/aromatic N) is 4. The molecule has 0 spiro atoms. The third-order valence-electron chi connectivity index (χ3n) is 5.75. The third kappa shape index (κ3) is 5.58. The largest absolute Gasteiger partial charge is 0.417 e. The number of nitrogens with one attached hydrogen (secondary N) is 1. The normalized spacial score (nSPS) is 14.0. The molecule has 1 fully saturated rings. The van der Waals surface area contributed by atoms with Crippen molar-refractivity contribution >= 4 is 34.9 Å². The average Bonchev–Trinajstić information content (AvgIpc) is 2.89. The van der Waals surface area contributed by atoms with E-state index < -0.39 is 23.6 Å². The molecule has 1 saturated heterocycles. The van der Waals surface area contributed by atoms with Gasteiger partial charge in [-0.3, -0.25) is 9.59 Å². The minimum Gasteiger partial charge on any atom is -0.352 e. The molecule has 0 unspecified atom stereocenters. The first-order valence-electron chi connectivity index (χ1n) is 11.0. The predicted octanol–water partition coefficient (Wildman–Crippen LogP) is 3.82. The molecule has 3 aromatic rings. The highest BCUT2D eigenvalue weighted by molar-refractivity contribution is 6.34. The number of carbonyl (C=O) groups excluding carboxylic acids is 2. The highest BCUT2D eigenvalue weighted by atomic mass is 35.5. The van der Waals surface area contributed by atoms with Gasteiger partial charge in [-0.1, -0.05) is 29.8 Å². The molecule has 1 aliphatic rings. The number of hydrogen-bond donors (Lipinski definition) is 2. The molecule has 188 valence electrons. The van der Waals surface area contributed by atoms with Crippen LogP contribution in [0.25, 0.3) is 0 Å². The summed E-state index contributed by atoms with van der Waals surface area (Å²) in [4.78, 5) is 28.5. The number of halogens is 4. The van der Waals surface area contributed by atoms with Gasteiger partial charge in [0.1, 0.15) is 0 Å². The van der Waals surface area contributed by atoms with E-state index in [1.165, 1.54) is 29.2 Å². The van der Waals surface area contributed by atoms with Gasteiger partial charge in [0.05, 0.1) is 21.8 Å². The molecular formula is C24H22ClF3N6O2. The van der Waals surface area contributed by atoms with Crippen molar-refractivity contribution in [2.24, 2.45) is 5.73 Å². The number of hydrogen-bond acceptors (Lipinski definition) is 6. The lowest BCUT2D eigenvalue weighted by Crippen LogP contribution is -2.49. The lowest BCUT2D eigenvalue weighted by atomic mass is 10.1. The Bertz CT molecular complexity index is 1260. The van der Waals surface area contributed by atoms with Gasteiger partial charge in [-0.25, -0.2) is 0 Å². The van der Waals surface area contributed by atoms with Crippen LogP contribution in [0.15, 0.2) is 54.6 Å². The zero-order valence-electron chi connectivity index (χ0n) is 18.9. The van der Waals surface area contributed by atoms with Gasteiger partial charge in [-0.2, -0.15) is 13.2 Å². The maximum Gasteiger partial charge on any atom is 0.417 e. The van der Waals surface area contributed by atoms with E-state index in [0.717, 1.165) is 11.6 Å². The van der Waals surface area contributed by atoms with Crippen LogP contribution >= 0.6 is 11.6 Å². The Kier molecular flexibility index (Phi) is 7.41. The lowest BCUT2D eigenvalue weighted by Gasteiger charge is -2.35. The van der Waals surface area contributed by atoms with Crippen LogP contribution in [0.1, 0.15) is 32.0 Å². The first-order valence-corrected chi connectivity index (χ1v) is 11.4. The van der Waals surface area contributed by atoms with E-state index >= 15 is 0 Å². The monoisotopic (exact) mass is 518 g/mol. The van der Waals surface area contributed by atoms with Crippen LogP contribution in [-0.4, -0.2) is 53.1 Å². The van der Waals surface area contributed by atoms with Crippen molar-refractivity contribution in [3.05, 3.63) is 82.0 Å². The Morgan fingerprint density at radius 2 is 1.72 bits per heavy atom. The summed E-state index contributed by atoms with van der Waals surface area (Å²) in [5.41, 5.74) is 5.58. The van der Waals surface area contributed by atoms with Crippen molar-refractivity contribution in [1.82, 2.24) is 15.1 Å². The molecule has 2 aromatic carbocycles. The maximum absolute atomic E-state index is 13.3. The third-order valence-corrected chi connectivity index (χ3v) is 6.07. The van der Waals surface area contributed by atoms with Crippen LogP contribution in [0.5, 0.6) is 0 Å². The summed E-state index contributed by atoms with van der Waals surface area (Å²) in [7, 11) is 0. The Morgan fingerprint density at radius 1 is 1.00 bits per heavy atom. The maximum atomic E-state index is 13.3. The lowest BCUT2D eigenvalue weighted by molar-refractivity contribution is -0.138. The Balaban J connectivity index is 1.37. The average molecular weight is 519 g/mol. The Labute approximate surface area is 209 Å². The van der Waals surface area contributed by atoms with Crippen LogP contribution in [0, 0.1) is 0 Å².